The number of hydrogen-bond acceptors (Lipinski definition) is 5. The van der Waals surface area contributed by atoms with Gasteiger partial charge in [-0.2, -0.15) is 0 Å². The van der Waals surface area contributed by atoms with Gasteiger partial charge in [-0.15, -0.1) is 11.3 Å². The summed E-state index contributed by atoms with van der Waals surface area (Å²) in [6, 6.07) is 0. The van der Waals surface area contributed by atoms with Gasteiger partial charge in [-0.25, -0.2) is 9.97 Å². The lowest BCUT2D eigenvalue weighted by atomic mass is 9.86. The SMILES string of the molecule is Cc1sc2ncnc(NCC3CCCCC3O)c2c1C. The minimum atomic E-state index is -0.168. The molecular weight excluding hydrogens is 270 g/mol. The van der Waals surface area contributed by atoms with Crippen molar-refractivity contribution in [3.63, 3.8) is 0 Å². The molecule has 0 bridgehead atoms. The van der Waals surface area contributed by atoms with E-state index in [0.29, 0.717) is 5.92 Å². The lowest BCUT2D eigenvalue weighted by molar-refractivity contribution is 0.0763. The van der Waals surface area contributed by atoms with E-state index >= 15 is 0 Å². The Labute approximate surface area is 123 Å². The molecule has 4 nitrogen and oxygen atoms in total. The standard InChI is InChI=1S/C15H21N3OS/c1-9-10(2)20-15-13(9)14(17-8-18-15)16-7-11-5-3-4-6-12(11)19/h8,11-12,19H,3-7H2,1-2H3,(H,16,17,18). The van der Waals surface area contributed by atoms with Gasteiger partial charge in [-0.3, -0.25) is 0 Å². The largest absolute Gasteiger partial charge is 0.393 e. The Balaban J connectivity index is 1.80. The molecule has 1 aliphatic rings. The molecule has 0 radical (unpaired) electrons. The molecule has 0 spiro atoms. The van der Waals surface area contributed by atoms with Crippen LogP contribution >= 0.6 is 11.3 Å². The first-order valence-electron chi connectivity index (χ1n) is 7.29. The summed E-state index contributed by atoms with van der Waals surface area (Å²) < 4.78 is 0. The van der Waals surface area contributed by atoms with Gasteiger partial charge in [-0.05, 0) is 32.3 Å². The fraction of sp³-hybridized carbons (Fsp3) is 0.600. The molecule has 2 unspecified atom stereocenters. The van der Waals surface area contributed by atoms with Crippen molar-refractivity contribution in [2.24, 2.45) is 5.92 Å². The maximum absolute atomic E-state index is 10.0. The van der Waals surface area contributed by atoms with Gasteiger partial charge < -0.3 is 10.4 Å². The number of thiophene rings is 1. The van der Waals surface area contributed by atoms with Crippen LogP contribution < -0.4 is 5.32 Å². The van der Waals surface area contributed by atoms with Crippen LogP contribution in [-0.4, -0.2) is 27.7 Å². The number of aryl methyl sites for hydroxylation is 2. The van der Waals surface area contributed by atoms with Gasteiger partial charge in [0.05, 0.1) is 11.5 Å². The third-order valence-corrected chi connectivity index (χ3v) is 5.48. The molecule has 3 rings (SSSR count). The maximum Gasteiger partial charge on any atom is 0.138 e. The average Bonchev–Trinajstić information content (AvgIpc) is 2.74. The van der Waals surface area contributed by atoms with Crippen molar-refractivity contribution in [2.45, 2.75) is 45.6 Å². The van der Waals surface area contributed by atoms with Gasteiger partial charge in [-0.1, -0.05) is 12.8 Å². The summed E-state index contributed by atoms with van der Waals surface area (Å²) in [6.07, 6.45) is 5.86. The minimum Gasteiger partial charge on any atom is -0.393 e. The topological polar surface area (TPSA) is 58.0 Å². The monoisotopic (exact) mass is 291 g/mol. The smallest absolute Gasteiger partial charge is 0.138 e. The number of aliphatic hydroxyl groups excluding tert-OH is 1. The first-order valence-corrected chi connectivity index (χ1v) is 8.11. The molecule has 1 aliphatic carbocycles. The van der Waals surface area contributed by atoms with Crippen LogP contribution in [-0.2, 0) is 0 Å². The highest BCUT2D eigenvalue weighted by Crippen LogP contribution is 2.33. The predicted molar refractivity (Wildman–Crippen MR) is 83.3 cm³/mol. The quantitative estimate of drug-likeness (QED) is 0.911. The van der Waals surface area contributed by atoms with Crippen LogP contribution in [0.25, 0.3) is 10.2 Å². The molecule has 0 saturated heterocycles. The molecule has 0 aliphatic heterocycles. The van der Waals surface area contributed by atoms with Crippen molar-refractivity contribution in [3.05, 3.63) is 16.8 Å². The van der Waals surface area contributed by atoms with Gasteiger partial charge in [0.2, 0.25) is 0 Å². The van der Waals surface area contributed by atoms with E-state index in [1.54, 1.807) is 17.7 Å². The van der Waals surface area contributed by atoms with Crippen LogP contribution in [0.1, 0.15) is 36.1 Å². The lowest BCUT2D eigenvalue weighted by Crippen LogP contribution is -2.30. The van der Waals surface area contributed by atoms with E-state index in [9.17, 15) is 5.11 Å². The molecule has 0 amide bonds. The van der Waals surface area contributed by atoms with E-state index in [-0.39, 0.29) is 6.10 Å². The van der Waals surface area contributed by atoms with Crippen molar-refractivity contribution in [2.75, 3.05) is 11.9 Å². The van der Waals surface area contributed by atoms with E-state index in [4.69, 9.17) is 0 Å². The number of aliphatic hydroxyl groups is 1. The summed E-state index contributed by atoms with van der Waals surface area (Å²) in [5, 5.41) is 14.6. The number of nitrogens with one attached hydrogen (secondary N) is 1. The van der Waals surface area contributed by atoms with Crippen LogP contribution in [0.2, 0.25) is 0 Å². The molecular formula is C15H21N3OS. The van der Waals surface area contributed by atoms with Gasteiger partial charge in [0, 0.05) is 17.3 Å². The van der Waals surface area contributed by atoms with Gasteiger partial charge in [0.15, 0.2) is 0 Å². The highest BCUT2D eigenvalue weighted by Gasteiger charge is 2.23. The fourth-order valence-corrected chi connectivity index (χ4v) is 3.97. The second-order valence-corrected chi connectivity index (χ2v) is 6.88. The summed E-state index contributed by atoms with van der Waals surface area (Å²) >= 11 is 1.71. The van der Waals surface area contributed by atoms with Crippen molar-refractivity contribution in [3.8, 4) is 0 Å². The Morgan fingerprint density at radius 2 is 2.10 bits per heavy atom. The number of aromatic nitrogens is 2. The lowest BCUT2D eigenvalue weighted by Gasteiger charge is -2.27. The maximum atomic E-state index is 10.0. The summed E-state index contributed by atoms with van der Waals surface area (Å²) in [5.74, 6) is 1.25. The van der Waals surface area contributed by atoms with Crippen molar-refractivity contribution < 1.29 is 5.11 Å². The Morgan fingerprint density at radius 3 is 2.90 bits per heavy atom. The molecule has 108 valence electrons. The second kappa shape index (κ2) is 5.66. The van der Waals surface area contributed by atoms with Crippen molar-refractivity contribution in [1.29, 1.82) is 0 Å². The predicted octanol–water partition coefficient (Wildman–Crippen LogP) is 3.27. The van der Waals surface area contributed by atoms with Crippen LogP contribution in [0.4, 0.5) is 5.82 Å². The summed E-state index contributed by atoms with van der Waals surface area (Å²) in [6.45, 7) is 5.04. The van der Waals surface area contributed by atoms with E-state index in [1.807, 2.05) is 0 Å². The number of fused-ring (bicyclic) bond motifs is 1. The number of nitrogens with zero attached hydrogens (tertiary/aromatic N) is 2. The van der Waals surface area contributed by atoms with E-state index in [1.165, 1.54) is 16.9 Å². The summed E-state index contributed by atoms with van der Waals surface area (Å²) in [4.78, 5) is 11.1. The normalized spacial score (nSPS) is 23.1. The molecule has 1 saturated carbocycles. The molecule has 0 aromatic carbocycles. The third-order valence-electron chi connectivity index (χ3n) is 4.37. The Morgan fingerprint density at radius 1 is 1.30 bits per heavy atom. The van der Waals surface area contributed by atoms with Crippen LogP contribution in [0.3, 0.4) is 0 Å². The average molecular weight is 291 g/mol. The van der Waals surface area contributed by atoms with Crippen LogP contribution in [0.5, 0.6) is 0 Å². The first-order chi connectivity index (χ1) is 9.66. The molecule has 1 fully saturated rings. The molecule has 2 aromatic rings. The molecule has 2 aromatic heterocycles. The van der Waals surface area contributed by atoms with Gasteiger partial charge in [0.25, 0.3) is 0 Å². The number of rotatable bonds is 3. The summed E-state index contributed by atoms with van der Waals surface area (Å²) in [7, 11) is 0. The molecule has 5 heteroatoms. The third kappa shape index (κ3) is 2.52. The Hall–Kier alpha value is -1.20. The molecule has 2 N–H and O–H groups in total. The van der Waals surface area contributed by atoms with Crippen LogP contribution in [0, 0.1) is 19.8 Å². The minimum absolute atomic E-state index is 0.168. The number of hydrogen-bond donors (Lipinski definition) is 2. The zero-order valence-electron chi connectivity index (χ0n) is 12.0. The van der Waals surface area contributed by atoms with Crippen molar-refractivity contribution in [1.82, 2.24) is 9.97 Å². The Kier molecular flexibility index (Phi) is 3.89. The first kappa shape index (κ1) is 13.8. The van der Waals surface area contributed by atoms with E-state index in [2.05, 4.69) is 29.1 Å². The zero-order chi connectivity index (χ0) is 14.1. The zero-order valence-corrected chi connectivity index (χ0v) is 12.8. The van der Waals surface area contributed by atoms with Gasteiger partial charge >= 0.3 is 0 Å². The Bertz CT molecular complexity index is 610. The highest BCUT2D eigenvalue weighted by molar-refractivity contribution is 7.18. The molecule has 2 atom stereocenters. The van der Waals surface area contributed by atoms with E-state index in [0.717, 1.165) is 41.8 Å². The highest BCUT2D eigenvalue weighted by atomic mass is 32.1. The summed E-state index contributed by atoms with van der Waals surface area (Å²) in [5.41, 5.74) is 1.26. The number of anilines is 1. The van der Waals surface area contributed by atoms with Gasteiger partial charge in [0.1, 0.15) is 17.0 Å². The van der Waals surface area contributed by atoms with E-state index < -0.39 is 0 Å². The fourth-order valence-electron chi connectivity index (χ4n) is 2.97. The van der Waals surface area contributed by atoms with Crippen LogP contribution in [0.15, 0.2) is 6.33 Å². The van der Waals surface area contributed by atoms with Crippen molar-refractivity contribution >= 4 is 27.4 Å². The molecule has 2 heterocycles. The second-order valence-electron chi connectivity index (χ2n) is 5.68. The molecule has 20 heavy (non-hydrogen) atoms.